The van der Waals surface area contributed by atoms with E-state index >= 15 is 0 Å². The summed E-state index contributed by atoms with van der Waals surface area (Å²) < 4.78 is 5.25. The lowest BCUT2D eigenvalue weighted by Gasteiger charge is -2.13. The third-order valence-corrected chi connectivity index (χ3v) is 2.71. The van der Waals surface area contributed by atoms with Gasteiger partial charge in [-0.3, -0.25) is 4.79 Å². The van der Waals surface area contributed by atoms with E-state index in [9.17, 15) is 4.79 Å². The van der Waals surface area contributed by atoms with Gasteiger partial charge in [0.15, 0.2) is 0 Å². The smallest absolute Gasteiger partial charge is 0.254 e. The van der Waals surface area contributed by atoms with Crippen molar-refractivity contribution in [2.45, 2.75) is 19.9 Å². The van der Waals surface area contributed by atoms with Crippen LogP contribution in [0.4, 0.5) is 0 Å². The van der Waals surface area contributed by atoms with Crippen LogP contribution in [0.5, 0.6) is 5.75 Å². The number of benzene rings is 1. The summed E-state index contributed by atoms with van der Waals surface area (Å²) in [4.78, 5) is 13.8. The van der Waals surface area contributed by atoms with Crippen molar-refractivity contribution in [1.29, 1.82) is 0 Å². The minimum absolute atomic E-state index is 0.130. The molecule has 2 rings (SSSR count). The monoisotopic (exact) mass is 205 g/mol. The first kappa shape index (κ1) is 10.0. The van der Waals surface area contributed by atoms with Crippen LogP contribution in [-0.2, 0) is 6.54 Å². The number of carbonyl (C=O) groups is 1. The molecule has 1 aliphatic rings. The molecular formula is C12H15NO2. The fraction of sp³-hybridized carbons (Fsp3) is 0.417. The van der Waals surface area contributed by atoms with E-state index in [-0.39, 0.29) is 5.91 Å². The molecule has 3 heteroatoms. The fourth-order valence-electron chi connectivity index (χ4n) is 2.00. The molecule has 1 amide bonds. The van der Waals surface area contributed by atoms with Crippen LogP contribution in [0.3, 0.4) is 0 Å². The lowest BCUT2D eigenvalue weighted by Crippen LogP contribution is -2.24. The van der Waals surface area contributed by atoms with Crippen molar-refractivity contribution in [2.24, 2.45) is 0 Å². The van der Waals surface area contributed by atoms with Crippen LogP contribution in [0.2, 0.25) is 0 Å². The van der Waals surface area contributed by atoms with Crippen LogP contribution in [0.15, 0.2) is 18.2 Å². The van der Waals surface area contributed by atoms with Crippen molar-refractivity contribution in [3.05, 3.63) is 29.3 Å². The number of nitrogens with zero attached hydrogens (tertiary/aromatic N) is 1. The van der Waals surface area contributed by atoms with Crippen molar-refractivity contribution in [1.82, 2.24) is 4.90 Å². The van der Waals surface area contributed by atoms with E-state index in [1.165, 1.54) is 0 Å². The van der Waals surface area contributed by atoms with Crippen LogP contribution in [0.1, 0.15) is 29.3 Å². The van der Waals surface area contributed by atoms with Crippen LogP contribution >= 0.6 is 0 Å². The SMILES string of the molecule is CCCN1Cc2c(OC)cccc2C1=O. The van der Waals surface area contributed by atoms with Gasteiger partial charge in [0, 0.05) is 17.7 Å². The molecule has 1 heterocycles. The number of hydrogen-bond donors (Lipinski definition) is 0. The minimum atomic E-state index is 0.130. The van der Waals surface area contributed by atoms with E-state index in [1.54, 1.807) is 7.11 Å². The predicted molar refractivity (Wildman–Crippen MR) is 58.0 cm³/mol. The molecule has 0 atom stereocenters. The number of hydrogen-bond acceptors (Lipinski definition) is 2. The second-order valence-corrected chi connectivity index (χ2v) is 3.71. The Labute approximate surface area is 89.7 Å². The normalized spacial score (nSPS) is 14.3. The van der Waals surface area contributed by atoms with Gasteiger partial charge in [-0.2, -0.15) is 0 Å². The largest absolute Gasteiger partial charge is 0.496 e. The van der Waals surface area contributed by atoms with Gasteiger partial charge in [0.05, 0.1) is 13.7 Å². The molecule has 0 fully saturated rings. The Hall–Kier alpha value is -1.51. The molecule has 0 aliphatic carbocycles. The molecule has 0 unspecified atom stereocenters. The summed E-state index contributed by atoms with van der Waals surface area (Å²) in [6.45, 7) is 3.58. The Morgan fingerprint density at radius 2 is 2.27 bits per heavy atom. The van der Waals surface area contributed by atoms with E-state index in [0.29, 0.717) is 6.54 Å². The Bertz CT molecular complexity index is 387. The molecule has 0 N–H and O–H groups in total. The van der Waals surface area contributed by atoms with E-state index in [1.807, 2.05) is 23.1 Å². The van der Waals surface area contributed by atoms with Crippen LogP contribution < -0.4 is 4.74 Å². The lowest BCUT2D eigenvalue weighted by molar-refractivity contribution is 0.0778. The molecule has 80 valence electrons. The van der Waals surface area contributed by atoms with E-state index in [0.717, 1.165) is 29.8 Å². The van der Waals surface area contributed by atoms with Crippen LogP contribution in [0.25, 0.3) is 0 Å². The highest BCUT2D eigenvalue weighted by atomic mass is 16.5. The van der Waals surface area contributed by atoms with Gasteiger partial charge in [0.1, 0.15) is 5.75 Å². The van der Waals surface area contributed by atoms with Gasteiger partial charge >= 0.3 is 0 Å². The van der Waals surface area contributed by atoms with Crippen molar-refractivity contribution >= 4 is 5.91 Å². The Morgan fingerprint density at radius 3 is 2.93 bits per heavy atom. The Balaban J connectivity index is 2.35. The zero-order valence-electron chi connectivity index (χ0n) is 9.12. The highest BCUT2D eigenvalue weighted by molar-refractivity contribution is 5.99. The van der Waals surface area contributed by atoms with Crippen molar-refractivity contribution < 1.29 is 9.53 Å². The summed E-state index contributed by atoms with van der Waals surface area (Å²) in [5.74, 6) is 0.949. The zero-order chi connectivity index (χ0) is 10.8. The third kappa shape index (κ3) is 1.58. The first-order valence-corrected chi connectivity index (χ1v) is 5.23. The van der Waals surface area contributed by atoms with E-state index < -0.39 is 0 Å². The summed E-state index contributed by atoms with van der Waals surface area (Å²) >= 11 is 0. The van der Waals surface area contributed by atoms with Crippen molar-refractivity contribution in [3.8, 4) is 5.75 Å². The minimum Gasteiger partial charge on any atom is -0.496 e. The molecule has 0 aromatic heterocycles. The molecule has 15 heavy (non-hydrogen) atoms. The van der Waals surface area contributed by atoms with Crippen molar-refractivity contribution in [2.75, 3.05) is 13.7 Å². The molecule has 1 aromatic carbocycles. The highest BCUT2D eigenvalue weighted by Crippen LogP contribution is 2.30. The summed E-state index contributed by atoms with van der Waals surface area (Å²) in [6.07, 6.45) is 0.988. The second kappa shape index (κ2) is 3.93. The standard InChI is InChI=1S/C12H15NO2/c1-3-7-13-8-10-9(12(13)14)5-4-6-11(10)15-2/h4-6H,3,7-8H2,1-2H3. The average molecular weight is 205 g/mol. The predicted octanol–water partition coefficient (Wildman–Crippen LogP) is 2.06. The van der Waals surface area contributed by atoms with Gasteiger partial charge in [-0.25, -0.2) is 0 Å². The zero-order valence-corrected chi connectivity index (χ0v) is 9.12. The van der Waals surface area contributed by atoms with E-state index in [2.05, 4.69) is 6.92 Å². The molecule has 0 bridgehead atoms. The maximum absolute atomic E-state index is 11.9. The number of ether oxygens (including phenoxy) is 1. The number of rotatable bonds is 3. The molecule has 3 nitrogen and oxygen atoms in total. The summed E-state index contributed by atoms with van der Waals surface area (Å²) in [7, 11) is 1.64. The Kier molecular flexibility index (Phi) is 2.62. The molecule has 0 radical (unpaired) electrons. The molecule has 0 spiro atoms. The van der Waals surface area contributed by atoms with Gasteiger partial charge in [0.2, 0.25) is 0 Å². The van der Waals surface area contributed by atoms with Crippen LogP contribution in [0, 0.1) is 0 Å². The second-order valence-electron chi connectivity index (χ2n) is 3.71. The lowest BCUT2D eigenvalue weighted by atomic mass is 10.1. The van der Waals surface area contributed by atoms with Gasteiger partial charge in [-0.15, -0.1) is 0 Å². The van der Waals surface area contributed by atoms with Crippen LogP contribution in [-0.4, -0.2) is 24.5 Å². The number of methoxy groups -OCH3 is 1. The summed E-state index contributed by atoms with van der Waals surface area (Å²) in [5.41, 5.74) is 1.82. The Morgan fingerprint density at radius 1 is 1.47 bits per heavy atom. The molecular weight excluding hydrogens is 190 g/mol. The van der Waals surface area contributed by atoms with Gasteiger partial charge in [0.25, 0.3) is 5.91 Å². The number of carbonyl (C=O) groups excluding carboxylic acids is 1. The first-order chi connectivity index (χ1) is 7.27. The van der Waals surface area contributed by atoms with Crippen molar-refractivity contribution in [3.63, 3.8) is 0 Å². The molecule has 0 saturated carbocycles. The van der Waals surface area contributed by atoms with Gasteiger partial charge in [-0.05, 0) is 18.6 Å². The van der Waals surface area contributed by atoms with E-state index in [4.69, 9.17) is 4.74 Å². The quantitative estimate of drug-likeness (QED) is 0.756. The highest BCUT2D eigenvalue weighted by Gasteiger charge is 2.28. The first-order valence-electron chi connectivity index (χ1n) is 5.23. The maximum atomic E-state index is 11.9. The number of amides is 1. The van der Waals surface area contributed by atoms with Gasteiger partial charge in [-0.1, -0.05) is 13.0 Å². The fourth-order valence-corrected chi connectivity index (χ4v) is 2.00. The molecule has 0 saturated heterocycles. The number of fused-ring (bicyclic) bond motifs is 1. The molecule has 1 aliphatic heterocycles. The maximum Gasteiger partial charge on any atom is 0.254 e. The third-order valence-electron chi connectivity index (χ3n) is 2.71. The van der Waals surface area contributed by atoms with Gasteiger partial charge < -0.3 is 9.64 Å². The topological polar surface area (TPSA) is 29.5 Å². The summed E-state index contributed by atoms with van der Waals surface area (Å²) in [5, 5.41) is 0. The molecule has 1 aromatic rings. The average Bonchev–Trinajstić information content (AvgIpc) is 2.57. The summed E-state index contributed by atoms with van der Waals surface area (Å²) in [6, 6.07) is 5.64.